The molecule has 0 saturated carbocycles. The second-order valence-corrected chi connectivity index (χ2v) is 5.43. The summed E-state index contributed by atoms with van der Waals surface area (Å²) in [5, 5.41) is 12.4. The van der Waals surface area contributed by atoms with Crippen LogP contribution in [0.5, 0.6) is 0 Å². The second-order valence-electron chi connectivity index (χ2n) is 5.43. The van der Waals surface area contributed by atoms with Gasteiger partial charge in [-0.2, -0.15) is 0 Å². The number of carbonyl (C=O) groups is 1. The van der Waals surface area contributed by atoms with E-state index in [1.165, 1.54) is 25.0 Å². The van der Waals surface area contributed by atoms with Crippen LogP contribution in [-0.4, -0.2) is 16.6 Å². The van der Waals surface area contributed by atoms with Crippen molar-refractivity contribution in [2.75, 3.05) is 5.32 Å². The highest BCUT2D eigenvalue weighted by Gasteiger charge is 2.32. The van der Waals surface area contributed by atoms with Gasteiger partial charge in [0.15, 0.2) is 0 Å². The van der Waals surface area contributed by atoms with Crippen LogP contribution >= 0.6 is 0 Å². The van der Waals surface area contributed by atoms with Crippen molar-refractivity contribution in [3.05, 3.63) is 30.1 Å². The monoisotopic (exact) mass is 281 g/mol. The molecule has 0 amide bonds. The molecular formula is C16H24FNO2. The molecule has 0 aromatic heterocycles. The highest BCUT2D eigenvalue weighted by molar-refractivity contribution is 5.82. The molecule has 3 nitrogen and oxygen atoms in total. The minimum Gasteiger partial charge on any atom is -0.480 e. The standard InChI is InChI=1S/C16H24FNO2/c1-3-4-5-6-7-12-16(2,15(19)20)18-14-10-8-13(17)9-11-14/h8-11,18H,3-7,12H2,1-2H3,(H,19,20). The van der Waals surface area contributed by atoms with Gasteiger partial charge in [0.25, 0.3) is 0 Å². The van der Waals surface area contributed by atoms with Gasteiger partial charge in [-0.05, 0) is 37.6 Å². The van der Waals surface area contributed by atoms with Crippen LogP contribution in [0.2, 0.25) is 0 Å². The Balaban J connectivity index is 2.57. The highest BCUT2D eigenvalue weighted by Crippen LogP contribution is 2.22. The van der Waals surface area contributed by atoms with Gasteiger partial charge >= 0.3 is 5.97 Å². The zero-order valence-electron chi connectivity index (χ0n) is 12.3. The van der Waals surface area contributed by atoms with Crippen LogP contribution in [0, 0.1) is 5.82 Å². The van der Waals surface area contributed by atoms with E-state index in [0.717, 1.165) is 19.3 Å². The third-order valence-corrected chi connectivity index (χ3v) is 3.52. The van der Waals surface area contributed by atoms with Gasteiger partial charge in [0, 0.05) is 5.69 Å². The normalized spacial score (nSPS) is 13.8. The minimum absolute atomic E-state index is 0.327. The van der Waals surface area contributed by atoms with Crippen molar-refractivity contribution < 1.29 is 14.3 Å². The fraction of sp³-hybridized carbons (Fsp3) is 0.562. The molecule has 1 aromatic rings. The number of hydrogen-bond donors (Lipinski definition) is 2. The molecule has 0 aliphatic carbocycles. The first-order valence-corrected chi connectivity index (χ1v) is 7.25. The van der Waals surface area contributed by atoms with Crippen LogP contribution in [0.3, 0.4) is 0 Å². The van der Waals surface area contributed by atoms with E-state index in [1.807, 2.05) is 0 Å². The van der Waals surface area contributed by atoms with Gasteiger partial charge in [-0.1, -0.05) is 39.0 Å². The fourth-order valence-corrected chi connectivity index (χ4v) is 2.16. The quantitative estimate of drug-likeness (QED) is 0.658. The molecule has 1 unspecified atom stereocenters. The third kappa shape index (κ3) is 5.19. The maximum absolute atomic E-state index is 12.9. The summed E-state index contributed by atoms with van der Waals surface area (Å²) in [4.78, 5) is 11.5. The molecule has 1 rings (SSSR count). The Morgan fingerprint density at radius 1 is 1.20 bits per heavy atom. The van der Waals surface area contributed by atoms with Crippen molar-refractivity contribution in [2.45, 2.75) is 57.9 Å². The summed E-state index contributed by atoms with van der Waals surface area (Å²) >= 11 is 0. The summed E-state index contributed by atoms with van der Waals surface area (Å²) in [6.45, 7) is 3.83. The third-order valence-electron chi connectivity index (χ3n) is 3.52. The summed E-state index contributed by atoms with van der Waals surface area (Å²) in [6, 6.07) is 5.78. The molecule has 0 radical (unpaired) electrons. The van der Waals surface area contributed by atoms with Crippen molar-refractivity contribution in [1.82, 2.24) is 0 Å². The van der Waals surface area contributed by atoms with Crippen LogP contribution in [0.4, 0.5) is 10.1 Å². The summed E-state index contributed by atoms with van der Waals surface area (Å²) in [6.07, 6.45) is 5.98. The van der Waals surface area contributed by atoms with Crippen molar-refractivity contribution in [1.29, 1.82) is 0 Å². The smallest absolute Gasteiger partial charge is 0.329 e. The van der Waals surface area contributed by atoms with Gasteiger partial charge in [0.1, 0.15) is 11.4 Å². The SMILES string of the molecule is CCCCCCCC(C)(Nc1ccc(F)cc1)C(=O)O. The lowest BCUT2D eigenvalue weighted by Crippen LogP contribution is -2.43. The zero-order chi connectivity index (χ0) is 15.0. The number of aliphatic carboxylic acids is 1. The molecule has 1 aromatic carbocycles. The zero-order valence-corrected chi connectivity index (χ0v) is 12.3. The van der Waals surface area contributed by atoms with E-state index in [2.05, 4.69) is 12.2 Å². The number of carboxylic acid groups (broad SMARTS) is 1. The molecule has 0 saturated heterocycles. The lowest BCUT2D eigenvalue weighted by Gasteiger charge is -2.27. The number of unbranched alkanes of at least 4 members (excludes halogenated alkanes) is 4. The number of benzene rings is 1. The lowest BCUT2D eigenvalue weighted by molar-refractivity contribution is -0.142. The minimum atomic E-state index is -1.01. The molecule has 4 heteroatoms. The predicted molar refractivity (Wildman–Crippen MR) is 79.4 cm³/mol. The van der Waals surface area contributed by atoms with E-state index in [-0.39, 0.29) is 5.82 Å². The molecule has 0 heterocycles. The lowest BCUT2D eigenvalue weighted by atomic mass is 9.93. The van der Waals surface area contributed by atoms with Crippen LogP contribution < -0.4 is 5.32 Å². The Bertz CT molecular complexity index is 419. The molecular weight excluding hydrogens is 257 g/mol. The molecule has 20 heavy (non-hydrogen) atoms. The van der Waals surface area contributed by atoms with Gasteiger partial charge in [-0.25, -0.2) is 9.18 Å². The number of nitrogens with one attached hydrogen (secondary N) is 1. The molecule has 0 spiro atoms. The average Bonchev–Trinajstić information content (AvgIpc) is 2.41. The molecule has 112 valence electrons. The fourth-order valence-electron chi connectivity index (χ4n) is 2.16. The highest BCUT2D eigenvalue weighted by atomic mass is 19.1. The molecule has 2 N–H and O–H groups in total. The van der Waals surface area contributed by atoms with Crippen LogP contribution in [-0.2, 0) is 4.79 Å². The number of carboxylic acids is 1. The number of rotatable bonds is 9. The van der Waals surface area contributed by atoms with Crippen molar-refractivity contribution >= 4 is 11.7 Å². The van der Waals surface area contributed by atoms with E-state index in [4.69, 9.17) is 0 Å². The van der Waals surface area contributed by atoms with Crippen LogP contribution in [0.15, 0.2) is 24.3 Å². The average molecular weight is 281 g/mol. The maximum atomic E-state index is 12.9. The van der Waals surface area contributed by atoms with Crippen LogP contribution in [0.25, 0.3) is 0 Å². The number of anilines is 1. The Labute approximate surface area is 120 Å². The van der Waals surface area contributed by atoms with Gasteiger partial charge in [0.2, 0.25) is 0 Å². The first-order chi connectivity index (χ1) is 9.48. The topological polar surface area (TPSA) is 49.3 Å². The Morgan fingerprint density at radius 3 is 2.35 bits per heavy atom. The summed E-state index contributed by atoms with van der Waals surface area (Å²) in [5.74, 6) is -1.20. The first kappa shape index (κ1) is 16.5. The Hall–Kier alpha value is -1.58. The molecule has 0 aliphatic rings. The van der Waals surface area contributed by atoms with Gasteiger partial charge in [-0.15, -0.1) is 0 Å². The summed E-state index contributed by atoms with van der Waals surface area (Å²) < 4.78 is 12.9. The van der Waals surface area contributed by atoms with Crippen LogP contribution in [0.1, 0.15) is 52.4 Å². The molecule has 0 aliphatic heterocycles. The van der Waals surface area contributed by atoms with E-state index < -0.39 is 11.5 Å². The summed E-state index contributed by atoms with van der Waals surface area (Å²) in [7, 11) is 0. The van der Waals surface area contributed by atoms with E-state index >= 15 is 0 Å². The molecule has 1 atom stereocenters. The summed E-state index contributed by atoms with van der Waals surface area (Å²) in [5.41, 5.74) is -0.380. The van der Waals surface area contributed by atoms with Crippen molar-refractivity contribution in [3.63, 3.8) is 0 Å². The van der Waals surface area contributed by atoms with E-state index in [1.54, 1.807) is 19.1 Å². The van der Waals surface area contributed by atoms with Crippen molar-refractivity contribution in [3.8, 4) is 0 Å². The number of hydrogen-bond acceptors (Lipinski definition) is 2. The number of halogens is 1. The molecule has 0 bridgehead atoms. The van der Waals surface area contributed by atoms with Gasteiger partial charge < -0.3 is 10.4 Å². The second kappa shape index (κ2) is 7.88. The van der Waals surface area contributed by atoms with E-state index in [9.17, 15) is 14.3 Å². The predicted octanol–water partition coefficient (Wildman–Crippen LogP) is 4.44. The first-order valence-electron chi connectivity index (χ1n) is 7.25. The van der Waals surface area contributed by atoms with Gasteiger partial charge in [-0.3, -0.25) is 0 Å². The largest absolute Gasteiger partial charge is 0.480 e. The molecule has 0 fully saturated rings. The van der Waals surface area contributed by atoms with Crippen molar-refractivity contribution in [2.24, 2.45) is 0 Å². The van der Waals surface area contributed by atoms with E-state index in [0.29, 0.717) is 12.1 Å². The van der Waals surface area contributed by atoms with Gasteiger partial charge in [0.05, 0.1) is 0 Å². The Morgan fingerprint density at radius 2 is 1.80 bits per heavy atom. The maximum Gasteiger partial charge on any atom is 0.329 e. The Kier molecular flexibility index (Phi) is 6.49.